The molecule has 0 saturated heterocycles. The summed E-state index contributed by atoms with van der Waals surface area (Å²) in [6, 6.07) is 9.68. The SMILES string of the molecule is CCOc1ccc([C@H](C)NS(=O)(=O)c2ccc3c(c2)sc(=O)n3C(C)C)cc1OCC. The topological polar surface area (TPSA) is 86.6 Å². The molecule has 9 heteroatoms. The second-order valence-corrected chi connectivity index (χ2v) is 10.1. The first-order chi connectivity index (χ1) is 14.7. The maximum Gasteiger partial charge on any atom is 0.308 e. The zero-order chi connectivity index (χ0) is 22.8. The molecule has 0 unspecified atom stereocenters. The van der Waals surface area contributed by atoms with Crippen LogP contribution < -0.4 is 19.1 Å². The van der Waals surface area contributed by atoms with Gasteiger partial charge in [-0.25, -0.2) is 13.1 Å². The van der Waals surface area contributed by atoms with Gasteiger partial charge >= 0.3 is 4.87 Å². The van der Waals surface area contributed by atoms with Gasteiger partial charge in [-0.05, 0) is 70.5 Å². The van der Waals surface area contributed by atoms with Crippen LogP contribution in [0.1, 0.15) is 52.3 Å². The number of sulfonamides is 1. The molecular formula is C22H28N2O5S2. The lowest BCUT2D eigenvalue weighted by Crippen LogP contribution is -2.27. The molecule has 0 amide bonds. The van der Waals surface area contributed by atoms with E-state index < -0.39 is 16.1 Å². The molecule has 3 aromatic rings. The van der Waals surface area contributed by atoms with Crippen molar-refractivity contribution in [3.63, 3.8) is 0 Å². The summed E-state index contributed by atoms with van der Waals surface area (Å²) in [5, 5.41) is 0. The van der Waals surface area contributed by atoms with E-state index in [0.29, 0.717) is 29.4 Å². The lowest BCUT2D eigenvalue weighted by Gasteiger charge is -2.18. The van der Waals surface area contributed by atoms with Crippen molar-refractivity contribution in [3.05, 3.63) is 51.6 Å². The second-order valence-electron chi connectivity index (χ2n) is 7.38. The number of hydrogen-bond acceptors (Lipinski definition) is 6. The van der Waals surface area contributed by atoms with E-state index >= 15 is 0 Å². The quantitative estimate of drug-likeness (QED) is 0.505. The molecule has 31 heavy (non-hydrogen) atoms. The molecule has 0 saturated carbocycles. The fourth-order valence-electron chi connectivity index (χ4n) is 3.38. The van der Waals surface area contributed by atoms with Crippen molar-refractivity contribution in [3.8, 4) is 11.5 Å². The summed E-state index contributed by atoms with van der Waals surface area (Å²) >= 11 is 1.05. The summed E-state index contributed by atoms with van der Waals surface area (Å²) in [5.74, 6) is 1.20. The average Bonchev–Trinajstić information content (AvgIpc) is 3.04. The molecule has 1 aromatic heterocycles. The van der Waals surface area contributed by atoms with Crippen molar-refractivity contribution in [2.24, 2.45) is 0 Å². The molecule has 7 nitrogen and oxygen atoms in total. The third-order valence-corrected chi connectivity index (χ3v) is 7.27. The summed E-state index contributed by atoms with van der Waals surface area (Å²) in [6.07, 6.45) is 0. The van der Waals surface area contributed by atoms with Crippen molar-refractivity contribution in [1.29, 1.82) is 0 Å². The Bertz CT molecular complexity index is 1230. The van der Waals surface area contributed by atoms with E-state index in [1.54, 1.807) is 35.8 Å². The smallest absolute Gasteiger partial charge is 0.308 e. The molecule has 0 aliphatic carbocycles. The monoisotopic (exact) mass is 464 g/mol. The number of aromatic nitrogens is 1. The molecule has 0 aliphatic heterocycles. The van der Waals surface area contributed by atoms with E-state index in [1.165, 1.54) is 6.07 Å². The zero-order valence-corrected chi connectivity index (χ0v) is 20.0. The molecule has 2 aromatic carbocycles. The van der Waals surface area contributed by atoms with E-state index in [1.807, 2.05) is 33.8 Å². The number of nitrogens with zero attached hydrogens (tertiary/aromatic N) is 1. The molecule has 1 N–H and O–H groups in total. The number of fused-ring (bicyclic) bond motifs is 1. The summed E-state index contributed by atoms with van der Waals surface area (Å²) in [7, 11) is -3.80. The van der Waals surface area contributed by atoms with Crippen molar-refractivity contribution in [2.75, 3.05) is 13.2 Å². The third kappa shape index (κ3) is 4.94. The number of nitrogens with one attached hydrogen (secondary N) is 1. The van der Waals surface area contributed by atoms with E-state index in [0.717, 1.165) is 22.4 Å². The lowest BCUT2D eigenvalue weighted by atomic mass is 10.1. The average molecular weight is 465 g/mol. The molecule has 0 aliphatic rings. The Labute approximate surface area is 186 Å². The van der Waals surface area contributed by atoms with E-state index in [9.17, 15) is 13.2 Å². The maximum absolute atomic E-state index is 13.0. The Morgan fingerprint density at radius 3 is 2.32 bits per heavy atom. The number of rotatable bonds is 9. The molecule has 1 atom stereocenters. The third-order valence-electron chi connectivity index (χ3n) is 4.81. The van der Waals surface area contributed by atoms with Crippen LogP contribution in [0.4, 0.5) is 0 Å². The Morgan fingerprint density at radius 2 is 1.68 bits per heavy atom. The van der Waals surface area contributed by atoms with Crippen LogP contribution in [0.5, 0.6) is 11.5 Å². The van der Waals surface area contributed by atoms with Gasteiger partial charge in [0.1, 0.15) is 0 Å². The minimum atomic E-state index is -3.80. The Hall–Kier alpha value is -2.36. The van der Waals surface area contributed by atoms with Crippen LogP contribution in [0.15, 0.2) is 46.1 Å². The van der Waals surface area contributed by atoms with Gasteiger partial charge in [-0.3, -0.25) is 9.36 Å². The predicted octanol–water partition coefficient (Wildman–Crippen LogP) is 4.48. The number of hydrogen-bond donors (Lipinski definition) is 1. The highest BCUT2D eigenvalue weighted by Crippen LogP contribution is 2.31. The van der Waals surface area contributed by atoms with Gasteiger partial charge in [0, 0.05) is 12.1 Å². The number of ether oxygens (including phenoxy) is 2. The maximum atomic E-state index is 13.0. The fraction of sp³-hybridized carbons (Fsp3) is 0.409. The first-order valence-electron chi connectivity index (χ1n) is 10.2. The molecule has 0 spiro atoms. The summed E-state index contributed by atoms with van der Waals surface area (Å²) in [4.78, 5) is 12.3. The highest BCUT2D eigenvalue weighted by molar-refractivity contribution is 7.89. The van der Waals surface area contributed by atoms with Gasteiger partial charge in [-0.1, -0.05) is 17.4 Å². The molecule has 0 radical (unpaired) electrons. The first kappa shape index (κ1) is 23.3. The van der Waals surface area contributed by atoms with Crippen molar-refractivity contribution in [2.45, 2.75) is 51.6 Å². The molecule has 1 heterocycles. The van der Waals surface area contributed by atoms with Crippen LogP contribution in [-0.4, -0.2) is 26.2 Å². The van der Waals surface area contributed by atoms with Gasteiger partial charge in [0.2, 0.25) is 10.0 Å². The Kier molecular flexibility index (Phi) is 7.08. The van der Waals surface area contributed by atoms with Gasteiger partial charge in [0.05, 0.1) is 28.3 Å². The summed E-state index contributed by atoms with van der Waals surface area (Å²) in [6.45, 7) is 10.4. The lowest BCUT2D eigenvalue weighted by molar-refractivity contribution is 0.287. The molecule has 0 bridgehead atoms. The van der Waals surface area contributed by atoms with Crippen molar-refractivity contribution in [1.82, 2.24) is 9.29 Å². The minimum Gasteiger partial charge on any atom is -0.490 e. The standard InChI is InChI=1S/C22H28N2O5S2/c1-6-28-19-11-8-16(12-20(19)29-7-2)15(5)23-31(26,27)17-9-10-18-21(13-17)30-22(25)24(18)14(3)4/h8-15,23H,6-7H2,1-5H3/t15-/m0/s1. The van der Waals surface area contributed by atoms with Crippen molar-refractivity contribution >= 4 is 31.6 Å². The molecule has 0 fully saturated rings. The van der Waals surface area contributed by atoms with Crippen LogP contribution in [-0.2, 0) is 10.0 Å². The largest absolute Gasteiger partial charge is 0.490 e. The molecule has 168 valence electrons. The van der Waals surface area contributed by atoms with Gasteiger partial charge in [-0.2, -0.15) is 0 Å². The van der Waals surface area contributed by atoms with Gasteiger partial charge in [0.25, 0.3) is 0 Å². The number of benzene rings is 2. The van der Waals surface area contributed by atoms with Crippen LogP contribution >= 0.6 is 11.3 Å². The minimum absolute atomic E-state index is 0.000972. The zero-order valence-electron chi connectivity index (χ0n) is 18.3. The Morgan fingerprint density at radius 1 is 1.00 bits per heavy atom. The van der Waals surface area contributed by atoms with E-state index in [2.05, 4.69) is 4.72 Å². The van der Waals surface area contributed by atoms with Gasteiger partial charge < -0.3 is 9.47 Å². The van der Waals surface area contributed by atoms with E-state index in [4.69, 9.17) is 9.47 Å². The second kappa shape index (κ2) is 9.42. The fourth-order valence-corrected chi connectivity index (χ4v) is 5.76. The molecular weight excluding hydrogens is 436 g/mol. The van der Waals surface area contributed by atoms with Gasteiger partial charge in [-0.15, -0.1) is 0 Å². The Balaban J connectivity index is 1.89. The molecule has 3 rings (SSSR count). The van der Waals surface area contributed by atoms with Crippen LogP contribution in [0.25, 0.3) is 10.2 Å². The van der Waals surface area contributed by atoms with Crippen LogP contribution in [0.2, 0.25) is 0 Å². The predicted molar refractivity (Wildman–Crippen MR) is 124 cm³/mol. The summed E-state index contributed by atoms with van der Waals surface area (Å²) < 4.78 is 42.3. The normalized spacial score (nSPS) is 13.0. The highest BCUT2D eigenvalue weighted by Gasteiger charge is 2.21. The highest BCUT2D eigenvalue weighted by atomic mass is 32.2. The first-order valence-corrected chi connectivity index (χ1v) is 12.5. The van der Waals surface area contributed by atoms with E-state index in [-0.39, 0.29) is 15.8 Å². The summed E-state index contributed by atoms with van der Waals surface area (Å²) in [5.41, 5.74) is 1.50. The number of thiazole rings is 1. The van der Waals surface area contributed by atoms with Gasteiger partial charge in [0.15, 0.2) is 11.5 Å². The van der Waals surface area contributed by atoms with Crippen LogP contribution in [0.3, 0.4) is 0 Å². The van der Waals surface area contributed by atoms with Crippen LogP contribution in [0, 0.1) is 0 Å². The van der Waals surface area contributed by atoms with Crippen molar-refractivity contribution < 1.29 is 17.9 Å².